The summed E-state index contributed by atoms with van der Waals surface area (Å²) in [7, 11) is 1.07. The molecule has 158 valence electrons. The van der Waals surface area contributed by atoms with Crippen LogP contribution in [0, 0.1) is 11.8 Å². The molecule has 0 aromatic rings. The first-order chi connectivity index (χ1) is 13.0. The summed E-state index contributed by atoms with van der Waals surface area (Å²) in [5, 5.41) is 0. The van der Waals surface area contributed by atoms with E-state index in [1.165, 1.54) is 0 Å². The third kappa shape index (κ3) is 5.43. The first-order valence-electron chi connectivity index (χ1n) is 8.94. The molecule has 0 spiro atoms. The number of rotatable bonds is 6. The zero-order valence-electron chi connectivity index (χ0n) is 17.0. The van der Waals surface area contributed by atoms with Gasteiger partial charge in [-0.25, -0.2) is 14.5 Å². The van der Waals surface area contributed by atoms with Crippen molar-refractivity contribution in [1.82, 2.24) is 4.90 Å². The maximum Gasteiger partial charge on any atom is 0.417 e. The summed E-state index contributed by atoms with van der Waals surface area (Å²) < 4.78 is 19.7. The highest BCUT2D eigenvalue weighted by molar-refractivity contribution is 6.03. The number of ether oxygens (including phenoxy) is 4. The number of methoxy groups -OCH3 is 1. The Balaban J connectivity index is 3.35. The van der Waals surface area contributed by atoms with E-state index >= 15 is 0 Å². The van der Waals surface area contributed by atoms with Crippen molar-refractivity contribution in [3.05, 3.63) is 0 Å². The van der Waals surface area contributed by atoms with Gasteiger partial charge in [0.15, 0.2) is 5.92 Å². The Hall–Kier alpha value is -2.65. The quantitative estimate of drug-likeness (QED) is 0.365. The second kappa shape index (κ2) is 9.52. The van der Waals surface area contributed by atoms with Crippen LogP contribution in [-0.4, -0.2) is 66.8 Å². The van der Waals surface area contributed by atoms with E-state index in [1.54, 1.807) is 34.6 Å². The van der Waals surface area contributed by atoms with Crippen LogP contribution in [0.1, 0.15) is 41.0 Å². The third-order valence-corrected chi connectivity index (χ3v) is 3.90. The molecular weight excluding hydrogens is 374 g/mol. The zero-order valence-corrected chi connectivity index (χ0v) is 17.0. The van der Waals surface area contributed by atoms with E-state index in [2.05, 4.69) is 0 Å². The highest BCUT2D eigenvalue weighted by atomic mass is 16.6. The van der Waals surface area contributed by atoms with E-state index in [4.69, 9.17) is 18.9 Å². The van der Waals surface area contributed by atoms with Crippen LogP contribution in [0.5, 0.6) is 0 Å². The fraction of sp³-hybridized carbons (Fsp3) is 0.722. The number of hydrogen-bond donors (Lipinski definition) is 0. The van der Waals surface area contributed by atoms with Gasteiger partial charge in [-0.3, -0.25) is 14.4 Å². The van der Waals surface area contributed by atoms with Crippen LogP contribution in [-0.2, 0) is 38.1 Å². The number of amides is 2. The number of likely N-dealkylation sites (tertiary alicyclic amines) is 1. The highest BCUT2D eigenvalue weighted by Gasteiger charge is 2.56. The lowest BCUT2D eigenvalue weighted by atomic mass is 9.85. The normalized spacial score (nSPS) is 19.4. The van der Waals surface area contributed by atoms with Gasteiger partial charge in [-0.05, 0) is 34.6 Å². The van der Waals surface area contributed by atoms with Crippen molar-refractivity contribution in [2.24, 2.45) is 11.8 Å². The van der Waals surface area contributed by atoms with Crippen molar-refractivity contribution in [2.75, 3.05) is 20.3 Å². The molecule has 0 aliphatic carbocycles. The van der Waals surface area contributed by atoms with Crippen LogP contribution in [0.25, 0.3) is 0 Å². The van der Waals surface area contributed by atoms with Crippen LogP contribution in [0.4, 0.5) is 4.79 Å². The van der Waals surface area contributed by atoms with Crippen molar-refractivity contribution in [3.8, 4) is 0 Å². The highest BCUT2D eigenvalue weighted by Crippen LogP contribution is 2.35. The van der Waals surface area contributed by atoms with Gasteiger partial charge < -0.3 is 18.9 Å². The van der Waals surface area contributed by atoms with E-state index in [-0.39, 0.29) is 13.2 Å². The van der Waals surface area contributed by atoms with Gasteiger partial charge in [0, 0.05) is 12.3 Å². The lowest BCUT2D eigenvalue weighted by Crippen LogP contribution is -2.50. The molecule has 0 bridgehead atoms. The van der Waals surface area contributed by atoms with Crippen molar-refractivity contribution >= 4 is 29.9 Å². The Morgan fingerprint density at radius 1 is 1.07 bits per heavy atom. The number of carbonyl (C=O) groups excluding carboxylic acids is 5. The number of nitrogens with zero attached hydrogens (tertiary/aromatic N) is 1. The first-order valence-corrected chi connectivity index (χ1v) is 8.94. The molecule has 0 aromatic heterocycles. The molecule has 10 nitrogen and oxygen atoms in total. The van der Waals surface area contributed by atoms with Crippen LogP contribution in [0.15, 0.2) is 0 Å². The third-order valence-electron chi connectivity index (χ3n) is 3.90. The monoisotopic (exact) mass is 401 g/mol. The molecule has 2 atom stereocenters. The smallest absolute Gasteiger partial charge is 0.417 e. The average molecular weight is 401 g/mol. The Bertz CT molecular complexity index is 619. The molecule has 1 aliphatic heterocycles. The molecule has 1 aliphatic rings. The summed E-state index contributed by atoms with van der Waals surface area (Å²) in [6.07, 6.45) is -1.50. The minimum atomic E-state index is -1.57. The molecule has 0 radical (unpaired) electrons. The maximum atomic E-state index is 12.5. The molecule has 10 heteroatoms. The molecule has 28 heavy (non-hydrogen) atoms. The largest absolute Gasteiger partial charge is 0.467 e. The lowest BCUT2D eigenvalue weighted by molar-refractivity contribution is -0.166. The molecule has 1 rings (SSSR count). The molecule has 0 unspecified atom stereocenters. The number of hydrogen-bond acceptors (Lipinski definition) is 9. The van der Waals surface area contributed by atoms with Crippen LogP contribution >= 0.6 is 0 Å². The molecular formula is C18H27NO9. The number of esters is 3. The van der Waals surface area contributed by atoms with E-state index in [0.29, 0.717) is 4.90 Å². The predicted molar refractivity (Wildman–Crippen MR) is 93.7 cm³/mol. The predicted octanol–water partition coefficient (Wildman–Crippen LogP) is 1.05. The average Bonchev–Trinajstić information content (AvgIpc) is 2.90. The molecule has 0 aromatic carbocycles. The van der Waals surface area contributed by atoms with Gasteiger partial charge in [0.1, 0.15) is 11.6 Å². The van der Waals surface area contributed by atoms with Crippen LogP contribution < -0.4 is 0 Å². The molecule has 0 saturated carbocycles. The Morgan fingerprint density at radius 2 is 1.57 bits per heavy atom. The molecule has 1 heterocycles. The Labute approximate surface area is 163 Å². The van der Waals surface area contributed by atoms with Gasteiger partial charge in [-0.1, -0.05) is 0 Å². The van der Waals surface area contributed by atoms with E-state index < -0.39 is 59.8 Å². The second-order valence-electron chi connectivity index (χ2n) is 7.06. The van der Waals surface area contributed by atoms with Crippen molar-refractivity contribution in [3.63, 3.8) is 0 Å². The Morgan fingerprint density at radius 3 is 1.96 bits per heavy atom. The van der Waals surface area contributed by atoms with Gasteiger partial charge in [-0.2, -0.15) is 0 Å². The summed E-state index contributed by atoms with van der Waals surface area (Å²) in [5.41, 5.74) is -0.933. The fourth-order valence-corrected chi connectivity index (χ4v) is 2.90. The fourth-order valence-electron chi connectivity index (χ4n) is 2.90. The van der Waals surface area contributed by atoms with Gasteiger partial charge in [0.25, 0.3) is 0 Å². The molecule has 1 fully saturated rings. The minimum absolute atomic E-state index is 0.0198. The van der Waals surface area contributed by atoms with Crippen molar-refractivity contribution in [1.29, 1.82) is 0 Å². The van der Waals surface area contributed by atoms with Crippen LogP contribution in [0.3, 0.4) is 0 Å². The first kappa shape index (κ1) is 23.4. The Kier molecular flexibility index (Phi) is 7.95. The van der Waals surface area contributed by atoms with Crippen molar-refractivity contribution in [2.45, 2.75) is 52.7 Å². The summed E-state index contributed by atoms with van der Waals surface area (Å²) >= 11 is 0. The van der Waals surface area contributed by atoms with Gasteiger partial charge >= 0.3 is 24.0 Å². The topological polar surface area (TPSA) is 126 Å². The maximum absolute atomic E-state index is 12.5. The number of carbonyl (C=O) groups is 5. The molecule has 1 saturated heterocycles. The van der Waals surface area contributed by atoms with Crippen LogP contribution in [0.2, 0.25) is 0 Å². The van der Waals surface area contributed by atoms with Gasteiger partial charge in [0.2, 0.25) is 5.91 Å². The minimum Gasteiger partial charge on any atom is -0.467 e. The summed E-state index contributed by atoms with van der Waals surface area (Å²) in [6, 6.07) is -1.52. The summed E-state index contributed by atoms with van der Waals surface area (Å²) in [4.78, 5) is 62.8. The van der Waals surface area contributed by atoms with Crippen molar-refractivity contribution < 1.29 is 42.9 Å². The van der Waals surface area contributed by atoms with E-state index in [0.717, 1.165) is 7.11 Å². The number of imide groups is 1. The SMILES string of the molecule is CCOC(=O)C(C(=O)OCC)[C@H]1CC(=O)N(C(=O)OC(C)(C)C)[C@@H]1C(=O)OC. The van der Waals surface area contributed by atoms with Gasteiger partial charge in [0.05, 0.1) is 20.3 Å². The summed E-state index contributed by atoms with van der Waals surface area (Å²) in [6.45, 7) is 7.83. The van der Waals surface area contributed by atoms with Gasteiger partial charge in [-0.15, -0.1) is 0 Å². The molecule has 2 amide bonds. The summed E-state index contributed by atoms with van der Waals surface area (Å²) in [5.74, 6) is -6.39. The van der Waals surface area contributed by atoms with E-state index in [1.807, 2.05) is 0 Å². The second-order valence-corrected chi connectivity index (χ2v) is 7.06. The molecule has 0 N–H and O–H groups in total. The lowest BCUT2D eigenvalue weighted by Gasteiger charge is -2.29. The zero-order chi connectivity index (χ0) is 21.6. The van der Waals surface area contributed by atoms with E-state index in [9.17, 15) is 24.0 Å². The standard InChI is InChI=1S/C18H27NO9/c1-7-26-14(21)12(15(22)27-8-2)10-9-11(20)19(13(10)16(23)25-6)17(24)28-18(3,4)5/h10,12-13H,7-9H2,1-6H3/t10-,13+/m1/s1.